The average Bonchev–Trinajstić information content (AvgIpc) is 3.28. The number of nitrogens with one attached hydrogen (secondary N) is 3. The van der Waals surface area contributed by atoms with E-state index in [0.29, 0.717) is 42.2 Å². The number of rotatable bonds is 8. The monoisotopic (exact) mass is 441 g/mol. The lowest BCUT2D eigenvalue weighted by molar-refractivity contribution is 0.0949. The number of aromatic amines is 1. The Kier molecular flexibility index (Phi) is 7.09. The molecule has 0 aliphatic carbocycles. The summed E-state index contributed by atoms with van der Waals surface area (Å²) in [6.07, 6.45) is 0.675. The fraction of sp³-hybridized carbons (Fsp3) is 0.318. The van der Waals surface area contributed by atoms with E-state index in [4.69, 9.17) is 10.5 Å². The molecule has 0 bridgehead atoms. The number of ether oxygens (including phenoxy) is 1. The standard InChI is InChI=1S/C22H27N5O3S/c1-12-10-16(14(3)31-12)19-13(2)20(27-26-19)22(29)25-15-6-7-18(30-4)17(11-15)21(28)24-9-5-8-23/h6-7,10-11H,5,8-9,23H2,1-4H3,(H,24,28)(H,25,29)(H,26,27). The highest BCUT2D eigenvalue weighted by Crippen LogP contribution is 2.32. The highest BCUT2D eigenvalue weighted by molar-refractivity contribution is 7.12. The van der Waals surface area contributed by atoms with Gasteiger partial charge in [-0.25, -0.2) is 0 Å². The molecule has 0 fully saturated rings. The van der Waals surface area contributed by atoms with Crippen molar-refractivity contribution in [3.05, 3.63) is 50.8 Å². The van der Waals surface area contributed by atoms with Crippen LogP contribution in [-0.2, 0) is 0 Å². The van der Waals surface area contributed by atoms with Crippen molar-refractivity contribution in [3.8, 4) is 17.0 Å². The molecule has 0 saturated heterocycles. The number of hydrogen-bond donors (Lipinski definition) is 4. The number of H-pyrrole nitrogens is 1. The number of benzene rings is 1. The van der Waals surface area contributed by atoms with E-state index in [-0.39, 0.29) is 11.8 Å². The number of nitrogens with two attached hydrogens (primary N) is 1. The maximum absolute atomic E-state index is 12.9. The number of nitrogens with zero attached hydrogens (tertiary/aromatic N) is 1. The van der Waals surface area contributed by atoms with E-state index < -0.39 is 0 Å². The van der Waals surface area contributed by atoms with Crippen LogP contribution in [0.1, 0.15) is 42.6 Å². The molecule has 1 aromatic carbocycles. The molecule has 164 valence electrons. The third kappa shape index (κ3) is 4.95. The first-order valence-corrected chi connectivity index (χ1v) is 10.8. The van der Waals surface area contributed by atoms with Crippen molar-refractivity contribution in [2.24, 2.45) is 5.73 Å². The van der Waals surface area contributed by atoms with Crippen LogP contribution in [0.5, 0.6) is 5.75 Å². The second-order valence-electron chi connectivity index (χ2n) is 7.17. The second kappa shape index (κ2) is 9.76. The zero-order valence-corrected chi connectivity index (χ0v) is 18.9. The van der Waals surface area contributed by atoms with Crippen LogP contribution in [0.25, 0.3) is 11.3 Å². The SMILES string of the molecule is COc1ccc(NC(=O)c2n[nH]c(-c3cc(C)sc3C)c2C)cc1C(=O)NCCCN. The van der Waals surface area contributed by atoms with Gasteiger partial charge in [-0.05, 0) is 58.0 Å². The Morgan fingerprint density at radius 3 is 2.61 bits per heavy atom. The number of carbonyl (C=O) groups excluding carboxylic acids is 2. The average molecular weight is 442 g/mol. The number of hydrogen-bond acceptors (Lipinski definition) is 6. The van der Waals surface area contributed by atoms with Crippen molar-refractivity contribution in [2.45, 2.75) is 27.2 Å². The van der Waals surface area contributed by atoms with Gasteiger partial charge in [0.25, 0.3) is 11.8 Å². The maximum atomic E-state index is 12.9. The van der Waals surface area contributed by atoms with Gasteiger partial charge in [0, 0.05) is 33.1 Å². The van der Waals surface area contributed by atoms with Crippen molar-refractivity contribution in [3.63, 3.8) is 0 Å². The van der Waals surface area contributed by atoms with Crippen LogP contribution in [0.3, 0.4) is 0 Å². The fourth-order valence-corrected chi connectivity index (χ4v) is 4.24. The van der Waals surface area contributed by atoms with E-state index in [1.807, 2.05) is 20.8 Å². The topological polar surface area (TPSA) is 122 Å². The van der Waals surface area contributed by atoms with Crippen LogP contribution >= 0.6 is 11.3 Å². The first kappa shape index (κ1) is 22.5. The molecule has 0 spiro atoms. The molecule has 0 aliphatic heterocycles. The zero-order valence-electron chi connectivity index (χ0n) is 18.1. The molecule has 2 amide bonds. The van der Waals surface area contributed by atoms with Gasteiger partial charge in [-0.15, -0.1) is 11.3 Å². The first-order valence-electron chi connectivity index (χ1n) is 9.95. The lowest BCUT2D eigenvalue weighted by Gasteiger charge is -2.12. The van der Waals surface area contributed by atoms with Crippen LogP contribution < -0.4 is 21.1 Å². The van der Waals surface area contributed by atoms with E-state index in [1.165, 1.54) is 12.0 Å². The van der Waals surface area contributed by atoms with Crippen molar-refractivity contribution in [1.29, 1.82) is 0 Å². The van der Waals surface area contributed by atoms with Gasteiger partial charge in [-0.3, -0.25) is 14.7 Å². The largest absolute Gasteiger partial charge is 0.496 e. The molecule has 31 heavy (non-hydrogen) atoms. The molecule has 0 saturated carbocycles. The number of aryl methyl sites for hydroxylation is 2. The minimum atomic E-state index is -0.357. The summed E-state index contributed by atoms with van der Waals surface area (Å²) in [6.45, 7) is 6.91. The van der Waals surface area contributed by atoms with Crippen molar-refractivity contribution < 1.29 is 14.3 Å². The quantitative estimate of drug-likeness (QED) is 0.399. The normalized spacial score (nSPS) is 10.7. The van der Waals surface area contributed by atoms with Gasteiger partial charge in [0.15, 0.2) is 5.69 Å². The van der Waals surface area contributed by atoms with Crippen LogP contribution in [0.15, 0.2) is 24.3 Å². The van der Waals surface area contributed by atoms with E-state index in [2.05, 4.69) is 26.9 Å². The molecule has 2 heterocycles. The van der Waals surface area contributed by atoms with Gasteiger partial charge >= 0.3 is 0 Å². The number of aromatic nitrogens is 2. The predicted octanol–water partition coefficient (Wildman–Crippen LogP) is 3.40. The number of methoxy groups -OCH3 is 1. The summed E-state index contributed by atoms with van der Waals surface area (Å²) in [5, 5.41) is 12.8. The summed E-state index contributed by atoms with van der Waals surface area (Å²) in [7, 11) is 1.49. The smallest absolute Gasteiger partial charge is 0.276 e. The lowest BCUT2D eigenvalue weighted by Crippen LogP contribution is -2.26. The van der Waals surface area contributed by atoms with Gasteiger partial charge in [0.1, 0.15) is 5.75 Å². The minimum Gasteiger partial charge on any atom is -0.496 e. The molecular weight excluding hydrogens is 414 g/mol. The second-order valence-corrected chi connectivity index (χ2v) is 8.63. The summed E-state index contributed by atoms with van der Waals surface area (Å²) in [5.41, 5.74) is 9.24. The molecule has 0 unspecified atom stereocenters. The first-order chi connectivity index (χ1) is 14.8. The number of carbonyl (C=O) groups is 2. The number of anilines is 1. The molecular formula is C22H27N5O3S. The zero-order chi connectivity index (χ0) is 22.5. The van der Waals surface area contributed by atoms with Crippen LogP contribution in [0, 0.1) is 20.8 Å². The molecule has 0 aliphatic rings. The van der Waals surface area contributed by atoms with Crippen LogP contribution in [0.2, 0.25) is 0 Å². The van der Waals surface area contributed by atoms with E-state index in [9.17, 15) is 9.59 Å². The maximum Gasteiger partial charge on any atom is 0.276 e. The Bertz CT molecular complexity index is 1100. The Labute approximate surface area is 185 Å². The van der Waals surface area contributed by atoms with E-state index in [0.717, 1.165) is 21.7 Å². The van der Waals surface area contributed by atoms with Gasteiger partial charge in [-0.2, -0.15) is 5.10 Å². The number of thiophene rings is 1. The Morgan fingerprint density at radius 1 is 1.19 bits per heavy atom. The lowest BCUT2D eigenvalue weighted by atomic mass is 10.1. The number of amides is 2. The summed E-state index contributed by atoms with van der Waals surface area (Å²) in [6, 6.07) is 7.00. The molecule has 3 aromatic rings. The minimum absolute atomic E-state index is 0.289. The molecule has 0 atom stereocenters. The van der Waals surface area contributed by atoms with Gasteiger partial charge in [-0.1, -0.05) is 0 Å². The Balaban J connectivity index is 1.81. The molecule has 3 rings (SSSR count). The molecule has 2 aromatic heterocycles. The Morgan fingerprint density at radius 2 is 1.97 bits per heavy atom. The summed E-state index contributed by atoms with van der Waals surface area (Å²) < 4.78 is 5.29. The highest BCUT2D eigenvalue weighted by Gasteiger charge is 2.20. The van der Waals surface area contributed by atoms with E-state index >= 15 is 0 Å². The van der Waals surface area contributed by atoms with Gasteiger partial charge in [0.05, 0.1) is 18.4 Å². The molecule has 5 N–H and O–H groups in total. The summed E-state index contributed by atoms with van der Waals surface area (Å²) in [4.78, 5) is 27.7. The highest BCUT2D eigenvalue weighted by atomic mass is 32.1. The summed E-state index contributed by atoms with van der Waals surface area (Å²) >= 11 is 1.70. The van der Waals surface area contributed by atoms with Gasteiger partial charge < -0.3 is 21.1 Å². The predicted molar refractivity (Wildman–Crippen MR) is 123 cm³/mol. The molecule has 8 nitrogen and oxygen atoms in total. The van der Waals surface area contributed by atoms with E-state index in [1.54, 1.807) is 29.5 Å². The Hall–Kier alpha value is -3.17. The molecule has 9 heteroatoms. The van der Waals surface area contributed by atoms with Crippen molar-refractivity contribution >= 4 is 28.8 Å². The van der Waals surface area contributed by atoms with Gasteiger partial charge in [0.2, 0.25) is 0 Å². The third-order valence-corrected chi connectivity index (χ3v) is 5.87. The van der Waals surface area contributed by atoms with Crippen molar-refractivity contribution in [1.82, 2.24) is 15.5 Å². The summed E-state index contributed by atoms with van der Waals surface area (Å²) in [5.74, 6) is -0.225. The molecule has 0 radical (unpaired) electrons. The van der Waals surface area contributed by atoms with Crippen molar-refractivity contribution in [2.75, 3.05) is 25.5 Å². The third-order valence-electron chi connectivity index (χ3n) is 4.90. The van der Waals surface area contributed by atoms with Crippen LogP contribution in [0.4, 0.5) is 5.69 Å². The van der Waals surface area contributed by atoms with Crippen LogP contribution in [-0.4, -0.2) is 42.2 Å². The fourth-order valence-electron chi connectivity index (χ4n) is 3.31.